The Balaban J connectivity index is 2.43. The SMILES string of the molecule is O=C(O)c1cc(S(=O)(=O)N2CCCCC2CO)ccc1Br. The summed E-state index contributed by atoms with van der Waals surface area (Å²) >= 11 is 3.09. The maximum atomic E-state index is 12.6. The van der Waals surface area contributed by atoms with Crippen molar-refractivity contribution in [2.24, 2.45) is 0 Å². The van der Waals surface area contributed by atoms with Crippen LogP contribution in [-0.2, 0) is 10.0 Å². The predicted molar refractivity (Wildman–Crippen MR) is 79.7 cm³/mol. The summed E-state index contributed by atoms with van der Waals surface area (Å²) < 4.78 is 26.9. The number of hydrogen-bond donors (Lipinski definition) is 2. The topological polar surface area (TPSA) is 94.9 Å². The summed E-state index contributed by atoms with van der Waals surface area (Å²) in [5.74, 6) is -1.20. The van der Waals surface area contributed by atoms with E-state index in [0.29, 0.717) is 17.4 Å². The van der Waals surface area contributed by atoms with E-state index in [1.807, 2.05) is 0 Å². The summed E-state index contributed by atoms with van der Waals surface area (Å²) in [5, 5.41) is 18.4. The Morgan fingerprint density at radius 1 is 1.38 bits per heavy atom. The Labute approximate surface area is 131 Å². The van der Waals surface area contributed by atoms with E-state index in [0.717, 1.165) is 18.9 Å². The van der Waals surface area contributed by atoms with Crippen molar-refractivity contribution >= 4 is 31.9 Å². The molecule has 0 saturated carbocycles. The zero-order valence-electron chi connectivity index (χ0n) is 11.2. The van der Waals surface area contributed by atoms with E-state index in [4.69, 9.17) is 5.11 Å². The molecule has 1 unspecified atom stereocenters. The number of aliphatic hydroxyl groups excluding tert-OH is 1. The highest BCUT2D eigenvalue weighted by molar-refractivity contribution is 9.10. The molecule has 1 aliphatic rings. The number of sulfonamides is 1. The average molecular weight is 378 g/mol. The van der Waals surface area contributed by atoms with Gasteiger partial charge in [-0.1, -0.05) is 6.42 Å². The van der Waals surface area contributed by atoms with Crippen LogP contribution in [0.15, 0.2) is 27.6 Å². The van der Waals surface area contributed by atoms with Gasteiger partial charge < -0.3 is 10.2 Å². The van der Waals surface area contributed by atoms with Gasteiger partial charge in [-0.15, -0.1) is 0 Å². The molecule has 21 heavy (non-hydrogen) atoms. The third kappa shape index (κ3) is 3.28. The third-order valence-corrected chi connectivity index (χ3v) is 6.20. The number of piperidine rings is 1. The number of rotatable bonds is 4. The fraction of sp³-hybridized carbons (Fsp3) is 0.462. The molecule has 1 heterocycles. The Hall–Kier alpha value is -0.960. The Morgan fingerprint density at radius 3 is 2.71 bits per heavy atom. The second kappa shape index (κ2) is 6.43. The van der Waals surface area contributed by atoms with Crippen LogP contribution in [0.25, 0.3) is 0 Å². The summed E-state index contributed by atoms with van der Waals surface area (Å²) in [4.78, 5) is 11.1. The van der Waals surface area contributed by atoms with Gasteiger partial charge in [0.15, 0.2) is 0 Å². The Bertz CT molecular complexity index is 646. The van der Waals surface area contributed by atoms with Crippen molar-refractivity contribution in [1.29, 1.82) is 0 Å². The van der Waals surface area contributed by atoms with Crippen LogP contribution in [0.2, 0.25) is 0 Å². The van der Waals surface area contributed by atoms with Gasteiger partial charge in [-0.3, -0.25) is 0 Å². The number of carboxylic acids is 1. The van der Waals surface area contributed by atoms with Crippen LogP contribution < -0.4 is 0 Å². The minimum absolute atomic E-state index is 0.0662. The molecule has 1 aliphatic heterocycles. The smallest absolute Gasteiger partial charge is 0.336 e. The van der Waals surface area contributed by atoms with Crippen LogP contribution >= 0.6 is 15.9 Å². The monoisotopic (exact) mass is 377 g/mol. The van der Waals surface area contributed by atoms with Crippen molar-refractivity contribution < 1.29 is 23.4 Å². The maximum Gasteiger partial charge on any atom is 0.336 e. The molecule has 0 aliphatic carbocycles. The van der Waals surface area contributed by atoms with Crippen LogP contribution in [-0.4, -0.2) is 48.1 Å². The first-order chi connectivity index (χ1) is 9.87. The molecule has 0 bridgehead atoms. The number of nitrogens with zero attached hydrogens (tertiary/aromatic N) is 1. The standard InChI is InChI=1S/C13H16BrNO5S/c14-12-5-4-10(7-11(12)13(17)18)21(19,20)15-6-2-1-3-9(15)8-16/h4-5,7,9,16H,1-3,6,8H2,(H,17,18). The predicted octanol–water partition coefficient (Wildman–Crippen LogP) is 1.68. The summed E-state index contributed by atoms with van der Waals surface area (Å²) in [6.07, 6.45) is 2.22. The van der Waals surface area contributed by atoms with Crippen LogP contribution in [0.5, 0.6) is 0 Å². The molecule has 0 amide bonds. The third-order valence-electron chi connectivity index (χ3n) is 3.56. The molecule has 0 aromatic heterocycles. The van der Waals surface area contributed by atoms with E-state index < -0.39 is 22.0 Å². The van der Waals surface area contributed by atoms with E-state index in [-0.39, 0.29) is 17.1 Å². The fourth-order valence-corrected chi connectivity index (χ4v) is 4.56. The molecule has 8 heteroatoms. The molecule has 116 valence electrons. The summed E-state index contributed by atoms with van der Waals surface area (Å²) in [6, 6.07) is 3.48. The number of carboxylic acid groups (broad SMARTS) is 1. The molecular weight excluding hydrogens is 362 g/mol. The zero-order valence-corrected chi connectivity index (χ0v) is 13.6. The van der Waals surface area contributed by atoms with Crippen molar-refractivity contribution in [2.45, 2.75) is 30.2 Å². The van der Waals surface area contributed by atoms with E-state index in [1.165, 1.54) is 16.4 Å². The summed E-state index contributed by atoms with van der Waals surface area (Å²) in [5.41, 5.74) is -0.103. The van der Waals surface area contributed by atoms with Gasteiger partial charge in [-0.05, 0) is 47.0 Å². The first-order valence-electron chi connectivity index (χ1n) is 6.53. The van der Waals surface area contributed by atoms with Crippen LogP contribution in [0.4, 0.5) is 0 Å². The maximum absolute atomic E-state index is 12.6. The molecule has 0 spiro atoms. The quantitative estimate of drug-likeness (QED) is 0.832. The van der Waals surface area contributed by atoms with E-state index in [2.05, 4.69) is 15.9 Å². The number of aromatic carboxylic acids is 1. The van der Waals surface area contributed by atoms with Gasteiger partial charge in [-0.25, -0.2) is 13.2 Å². The van der Waals surface area contributed by atoms with Gasteiger partial charge in [-0.2, -0.15) is 4.31 Å². The normalized spacial score (nSPS) is 20.4. The first-order valence-corrected chi connectivity index (χ1v) is 8.76. The molecule has 1 aromatic carbocycles. The van der Waals surface area contributed by atoms with Gasteiger partial charge in [0, 0.05) is 17.1 Å². The number of hydrogen-bond acceptors (Lipinski definition) is 4. The Kier molecular flexibility index (Phi) is 5.03. The second-order valence-electron chi connectivity index (χ2n) is 4.89. The van der Waals surface area contributed by atoms with E-state index in [1.54, 1.807) is 0 Å². The molecule has 0 radical (unpaired) electrons. The molecule has 1 saturated heterocycles. The lowest BCUT2D eigenvalue weighted by molar-refractivity contribution is 0.0695. The van der Waals surface area contributed by atoms with Crippen molar-refractivity contribution in [1.82, 2.24) is 4.31 Å². The van der Waals surface area contributed by atoms with Crippen molar-refractivity contribution in [3.05, 3.63) is 28.2 Å². The number of aliphatic hydroxyl groups is 1. The largest absolute Gasteiger partial charge is 0.478 e. The lowest BCUT2D eigenvalue weighted by Gasteiger charge is -2.33. The molecule has 1 atom stereocenters. The lowest BCUT2D eigenvalue weighted by atomic mass is 10.1. The minimum Gasteiger partial charge on any atom is -0.478 e. The lowest BCUT2D eigenvalue weighted by Crippen LogP contribution is -2.45. The second-order valence-corrected chi connectivity index (χ2v) is 7.64. The fourth-order valence-electron chi connectivity index (χ4n) is 2.44. The highest BCUT2D eigenvalue weighted by Crippen LogP contribution is 2.27. The molecule has 6 nitrogen and oxygen atoms in total. The van der Waals surface area contributed by atoms with Crippen molar-refractivity contribution in [3.63, 3.8) is 0 Å². The van der Waals surface area contributed by atoms with E-state index in [9.17, 15) is 18.3 Å². The number of carbonyl (C=O) groups is 1. The summed E-state index contributed by atoms with van der Waals surface area (Å²) in [7, 11) is -3.81. The highest BCUT2D eigenvalue weighted by atomic mass is 79.9. The van der Waals surface area contributed by atoms with Gasteiger partial charge in [0.05, 0.1) is 17.1 Å². The summed E-state index contributed by atoms with van der Waals surface area (Å²) in [6.45, 7) is 0.105. The minimum atomic E-state index is -3.81. The molecule has 1 aromatic rings. The van der Waals surface area contributed by atoms with Crippen molar-refractivity contribution in [2.75, 3.05) is 13.2 Å². The van der Waals surface area contributed by atoms with Gasteiger partial charge in [0.25, 0.3) is 0 Å². The molecule has 1 fully saturated rings. The van der Waals surface area contributed by atoms with Crippen LogP contribution in [0.1, 0.15) is 29.6 Å². The number of benzene rings is 1. The highest BCUT2D eigenvalue weighted by Gasteiger charge is 2.33. The van der Waals surface area contributed by atoms with Gasteiger partial charge >= 0.3 is 5.97 Å². The van der Waals surface area contributed by atoms with Crippen molar-refractivity contribution in [3.8, 4) is 0 Å². The van der Waals surface area contributed by atoms with Crippen LogP contribution in [0.3, 0.4) is 0 Å². The van der Waals surface area contributed by atoms with Gasteiger partial charge in [0.2, 0.25) is 10.0 Å². The number of halogens is 1. The zero-order chi connectivity index (χ0) is 15.6. The van der Waals surface area contributed by atoms with Gasteiger partial charge in [0.1, 0.15) is 0 Å². The molecular formula is C13H16BrNO5S. The first kappa shape index (κ1) is 16.4. The molecule has 2 N–H and O–H groups in total. The van der Waals surface area contributed by atoms with Crippen LogP contribution in [0, 0.1) is 0 Å². The average Bonchev–Trinajstić information content (AvgIpc) is 2.47. The van der Waals surface area contributed by atoms with E-state index >= 15 is 0 Å². The Morgan fingerprint density at radius 2 is 2.10 bits per heavy atom. The molecule has 2 rings (SSSR count).